The molecule has 0 aliphatic heterocycles. The second-order valence-corrected chi connectivity index (χ2v) is 6.10. The van der Waals surface area contributed by atoms with E-state index in [1.165, 1.54) is 7.11 Å². The number of aliphatic hydroxyl groups excluding tert-OH is 1. The van der Waals surface area contributed by atoms with Crippen molar-refractivity contribution in [3.8, 4) is 0 Å². The largest absolute Gasteiger partial charge is 0.468 e. The molecule has 0 bridgehead atoms. The Balaban J connectivity index is 2.70. The van der Waals surface area contributed by atoms with Crippen molar-refractivity contribution >= 4 is 18.5 Å². The minimum atomic E-state index is -0.733. The van der Waals surface area contributed by atoms with Crippen LogP contribution in [0.15, 0.2) is 30.8 Å². The predicted octanol–water partition coefficient (Wildman–Crippen LogP) is 1.33. The van der Waals surface area contributed by atoms with E-state index in [-0.39, 0.29) is 12.5 Å². The zero-order valence-corrected chi connectivity index (χ0v) is 16.2. The molecule has 27 heavy (non-hydrogen) atoms. The van der Waals surface area contributed by atoms with Crippen molar-refractivity contribution < 1.29 is 24.2 Å². The second-order valence-electron chi connectivity index (χ2n) is 6.10. The van der Waals surface area contributed by atoms with Crippen LogP contribution in [-0.4, -0.2) is 80.3 Å². The van der Waals surface area contributed by atoms with Gasteiger partial charge in [0.1, 0.15) is 6.61 Å². The van der Waals surface area contributed by atoms with Crippen molar-refractivity contribution in [2.24, 2.45) is 0 Å². The molecule has 0 saturated heterocycles. The van der Waals surface area contributed by atoms with Crippen LogP contribution in [0.4, 0.5) is 0 Å². The van der Waals surface area contributed by atoms with Gasteiger partial charge in [0.2, 0.25) is 0 Å². The Labute approximate surface area is 161 Å². The van der Waals surface area contributed by atoms with Gasteiger partial charge in [0, 0.05) is 26.2 Å². The van der Waals surface area contributed by atoms with Crippen LogP contribution in [0, 0.1) is 0 Å². The third-order valence-electron chi connectivity index (χ3n) is 4.32. The fourth-order valence-corrected chi connectivity index (χ4v) is 2.67. The smallest absolute Gasteiger partial charge is 0.319 e. The summed E-state index contributed by atoms with van der Waals surface area (Å²) < 4.78 is 9.51. The molecule has 0 amide bonds. The van der Waals surface area contributed by atoms with Gasteiger partial charge in [0.15, 0.2) is 0 Å². The maximum absolute atomic E-state index is 11.7. The molecule has 0 aliphatic rings. The Bertz CT molecular complexity index is 593. The molecule has 0 spiro atoms. The number of aliphatic hydroxyl groups is 1. The van der Waals surface area contributed by atoms with Crippen LogP contribution in [0.3, 0.4) is 0 Å². The van der Waals surface area contributed by atoms with E-state index in [4.69, 9.17) is 9.47 Å². The number of rotatable bonds is 14. The molecule has 7 heteroatoms. The van der Waals surface area contributed by atoms with E-state index in [2.05, 4.69) is 11.5 Å². The molecular weight excluding hydrogens is 348 g/mol. The molecule has 1 unspecified atom stereocenters. The van der Waals surface area contributed by atoms with Crippen molar-refractivity contribution in [2.45, 2.75) is 13.0 Å². The number of benzene rings is 1. The van der Waals surface area contributed by atoms with Gasteiger partial charge in [-0.15, -0.1) is 0 Å². The quantitative estimate of drug-likeness (QED) is 0.297. The topological polar surface area (TPSA) is 79.3 Å². The number of nitrogens with zero attached hydrogens (tertiary/aromatic N) is 2. The molecule has 1 N–H and O–H groups in total. The highest BCUT2D eigenvalue weighted by Gasteiger charge is 2.18. The van der Waals surface area contributed by atoms with Crippen LogP contribution in [0.1, 0.15) is 24.2 Å². The summed E-state index contributed by atoms with van der Waals surface area (Å²) >= 11 is 0. The first kappa shape index (κ1) is 22.8. The molecule has 1 aromatic rings. The van der Waals surface area contributed by atoms with Crippen molar-refractivity contribution in [1.82, 2.24) is 9.80 Å². The van der Waals surface area contributed by atoms with Crippen LogP contribution in [-0.2, 0) is 19.1 Å². The summed E-state index contributed by atoms with van der Waals surface area (Å²) in [5, 5.41) is 10.6. The maximum atomic E-state index is 11.7. The number of likely N-dealkylation sites (N-methyl/N-ethyl adjacent to an activating group) is 1. The van der Waals surface area contributed by atoms with Gasteiger partial charge in [-0.3, -0.25) is 19.4 Å². The minimum absolute atomic E-state index is 0.0943. The molecule has 1 rings (SSSR count). The van der Waals surface area contributed by atoms with Gasteiger partial charge in [0.25, 0.3) is 6.47 Å². The Hall–Kier alpha value is -2.22. The number of hydrogen-bond donors (Lipinski definition) is 1. The van der Waals surface area contributed by atoms with Gasteiger partial charge in [-0.05, 0) is 23.7 Å². The van der Waals surface area contributed by atoms with Gasteiger partial charge < -0.3 is 14.6 Å². The van der Waals surface area contributed by atoms with E-state index in [0.717, 1.165) is 17.7 Å². The average Bonchev–Trinajstić information content (AvgIpc) is 2.70. The first-order valence-electron chi connectivity index (χ1n) is 9.01. The summed E-state index contributed by atoms with van der Waals surface area (Å²) in [5.74, 6) is -0.352. The molecule has 0 saturated carbocycles. The SMILES string of the molecule is C=Cc1cccc(C(O)CN(CCN(CC)CCOC=O)CC(=O)OC)c1. The third kappa shape index (κ3) is 8.81. The van der Waals surface area contributed by atoms with Crippen molar-refractivity contribution in [3.05, 3.63) is 42.0 Å². The Morgan fingerprint density at radius 1 is 1.30 bits per heavy atom. The van der Waals surface area contributed by atoms with Crippen molar-refractivity contribution in [3.63, 3.8) is 0 Å². The Morgan fingerprint density at radius 2 is 2.04 bits per heavy atom. The molecule has 1 atom stereocenters. The molecule has 1 aromatic carbocycles. The number of esters is 1. The van der Waals surface area contributed by atoms with Crippen LogP contribution < -0.4 is 0 Å². The summed E-state index contributed by atoms with van der Waals surface area (Å²) in [6.45, 7) is 9.57. The third-order valence-corrected chi connectivity index (χ3v) is 4.32. The lowest BCUT2D eigenvalue weighted by Gasteiger charge is -2.27. The van der Waals surface area contributed by atoms with Crippen LogP contribution in [0.2, 0.25) is 0 Å². The van der Waals surface area contributed by atoms with Gasteiger partial charge in [-0.25, -0.2) is 0 Å². The molecule has 7 nitrogen and oxygen atoms in total. The van der Waals surface area contributed by atoms with Crippen molar-refractivity contribution in [1.29, 1.82) is 0 Å². The van der Waals surface area contributed by atoms with Crippen molar-refractivity contribution in [2.75, 3.05) is 53.0 Å². The Morgan fingerprint density at radius 3 is 2.67 bits per heavy atom. The fraction of sp³-hybridized carbons (Fsp3) is 0.500. The van der Waals surface area contributed by atoms with E-state index in [1.54, 1.807) is 6.08 Å². The molecule has 0 radical (unpaired) electrons. The Kier molecular flexibility index (Phi) is 11.0. The summed E-state index contributed by atoms with van der Waals surface area (Å²) in [4.78, 5) is 26.0. The lowest BCUT2D eigenvalue weighted by molar-refractivity contribution is -0.142. The summed E-state index contributed by atoms with van der Waals surface area (Å²) in [6.07, 6.45) is 0.992. The molecule has 150 valence electrons. The van der Waals surface area contributed by atoms with Crippen LogP contribution >= 0.6 is 0 Å². The first-order valence-corrected chi connectivity index (χ1v) is 9.01. The summed E-state index contributed by atoms with van der Waals surface area (Å²) in [7, 11) is 1.35. The second kappa shape index (κ2) is 13.0. The van der Waals surface area contributed by atoms with Gasteiger partial charge in [-0.1, -0.05) is 37.8 Å². The highest BCUT2D eigenvalue weighted by Crippen LogP contribution is 2.16. The maximum Gasteiger partial charge on any atom is 0.319 e. The number of carbonyl (C=O) groups is 2. The van der Waals surface area contributed by atoms with E-state index in [9.17, 15) is 14.7 Å². The number of carbonyl (C=O) groups excluding carboxylic acids is 2. The lowest BCUT2D eigenvalue weighted by Crippen LogP contribution is -2.41. The number of hydrogen-bond acceptors (Lipinski definition) is 7. The predicted molar refractivity (Wildman–Crippen MR) is 104 cm³/mol. The van der Waals surface area contributed by atoms with Gasteiger partial charge in [-0.2, -0.15) is 0 Å². The lowest BCUT2D eigenvalue weighted by atomic mass is 10.1. The van der Waals surface area contributed by atoms with E-state index >= 15 is 0 Å². The summed E-state index contributed by atoms with van der Waals surface area (Å²) in [6, 6.07) is 7.51. The van der Waals surface area contributed by atoms with E-state index in [1.807, 2.05) is 36.1 Å². The van der Waals surface area contributed by atoms with Crippen LogP contribution in [0.5, 0.6) is 0 Å². The number of ether oxygens (including phenoxy) is 2. The van der Waals surface area contributed by atoms with Gasteiger partial charge in [0.05, 0.1) is 19.8 Å². The zero-order chi connectivity index (χ0) is 20.1. The van der Waals surface area contributed by atoms with Gasteiger partial charge >= 0.3 is 5.97 Å². The van der Waals surface area contributed by atoms with E-state index < -0.39 is 6.10 Å². The zero-order valence-electron chi connectivity index (χ0n) is 16.2. The number of methoxy groups -OCH3 is 1. The molecule has 0 aliphatic carbocycles. The highest BCUT2D eigenvalue weighted by molar-refractivity contribution is 5.71. The fourth-order valence-electron chi connectivity index (χ4n) is 2.67. The molecule has 0 aromatic heterocycles. The van der Waals surface area contributed by atoms with E-state index in [0.29, 0.717) is 39.3 Å². The standard InChI is InChI=1S/C20H30N2O5/c1-4-17-7-6-8-18(13-17)19(24)14-22(15-20(25)26-3)10-9-21(5-2)11-12-27-16-23/h4,6-8,13,16,19,24H,1,5,9-12,14-15H2,2-3H3. The first-order chi connectivity index (χ1) is 13.0. The monoisotopic (exact) mass is 378 g/mol. The summed E-state index contributed by atoms with van der Waals surface area (Å²) in [5.41, 5.74) is 1.70. The molecule has 0 fully saturated rings. The average molecular weight is 378 g/mol. The normalized spacial score (nSPS) is 12.0. The molecule has 0 heterocycles. The van der Waals surface area contributed by atoms with Crippen LogP contribution in [0.25, 0.3) is 6.08 Å². The molecular formula is C20H30N2O5. The highest BCUT2D eigenvalue weighted by atomic mass is 16.5. The minimum Gasteiger partial charge on any atom is -0.468 e.